The van der Waals surface area contributed by atoms with Gasteiger partial charge in [-0.05, 0) is 29.2 Å². The van der Waals surface area contributed by atoms with Gasteiger partial charge in [0.1, 0.15) is 5.82 Å². The van der Waals surface area contributed by atoms with E-state index in [1.165, 1.54) is 6.07 Å². The van der Waals surface area contributed by atoms with Gasteiger partial charge in [-0.3, -0.25) is 4.90 Å². The van der Waals surface area contributed by atoms with Gasteiger partial charge in [0.25, 0.3) is 0 Å². The van der Waals surface area contributed by atoms with E-state index in [-0.39, 0.29) is 42.1 Å². The number of halogens is 4. The van der Waals surface area contributed by atoms with E-state index in [2.05, 4.69) is 46.9 Å². The fraction of sp³-hybridized carbons (Fsp3) is 0.600. The first kappa shape index (κ1) is 21.1. The highest BCUT2D eigenvalue weighted by molar-refractivity contribution is 9.10. The van der Waals surface area contributed by atoms with E-state index in [4.69, 9.17) is 0 Å². The normalized spacial score (nSPS) is 17.6. The number of piperazine rings is 1. The molecule has 1 fully saturated rings. The first-order valence-electron chi connectivity index (χ1n) is 6.79. The van der Waals surface area contributed by atoms with Crippen LogP contribution >= 0.6 is 40.7 Å². The van der Waals surface area contributed by atoms with E-state index < -0.39 is 0 Å². The molecule has 21 heavy (non-hydrogen) atoms. The lowest BCUT2D eigenvalue weighted by molar-refractivity contribution is 0.0855. The molecule has 6 heteroatoms. The lowest BCUT2D eigenvalue weighted by atomic mass is 9.81. The van der Waals surface area contributed by atoms with Crippen molar-refractivity contribution in [3.05, 3.63) is 34.1 Å². The summed E-state index contributed by atoms with van der Waals surface area (Å²) in [6, 6.07) is 5.21. The molecule has 0 saturated carbocycles. The first-order chi connectivity index (χ1) is 8.89. The molecule has 0 radical (unpaired) electrons. The summed E-state index contributed by atoms with van der Waals surface area (Å²) >= 11 is 3.58. The summed E-state index contributed by atoms with van der Waals surface area (Å²) < 4.78 is 14.6. The van der Waals surface area contributed by atoms with Gasteiger partial charge in [-0.15, -0.1) is 24.8 Å². The molecule has 1 atom stereocenters. The van der Waals surface area contributed by atoms with E-state index in [1.54, 1.807) is 6.07 Å². The lowest BCUT2D eigenvalue weighted by Crippen LogP contribution is -2.48. The Kier molecular flexibility index (Phi) is 8.74. The molecule has 1 N–H and O–H groups in total. The molecule has 1 aromatic carbocycles. The van der Waals surface area contributed by atoms with E-state index in [9.17, 15) is 4.39 Å². The monoisotopic (exact) mass is 400 g/mol. The number of rotatable bonds is 2. The van der Waals surface area contributed by atoms with Gasteiger partial charge >= 0.3 is 0 Å². The molecule has 2 rings (SSSR count). The average Bonchev–Trinajstić information content (AvgIpc) is 2.33. The van der Waals surface area contributed by atoms with Crippen LogP contribution in [0, 0.1) is 11.2 Å². The summed E-state index contributed by atoms with van der Waals surface area (Å²) in [5, 5.41) is 3.37. The Morgan fingerprint density at radius 1 is 1.19 bits per heavy atom. The van der Waals surface area contributed by atoms with E-state index in [0.717, 1.165) is 36.2 Å². The maximum Gasteiger partial charge on any atom is 0.123 e. The minimum atomic E-state index is -0.164. The standard InChI is InChI=1S/C15H22BrFN2.2ClH/c1-15(2,3)14(19-8-6-18-7-9-19)12-10-11(17)4-5-13(12)16;;/h4-5,10,14,18H,6-9H2,1-3H3;2*1H/t14-;;/m0../s1. The van der Waals surface area contributed by atoms with E-state index in [1.807, 2.05) is 6.07 Å². The Hall–Kier alpha value is 0.130. The molecular weight excluding hydrogens is 378 g/mol. The van der Waals surface area contributed by atoms with Crippen molar-refractivity contribution in [2.45, 2.75) is 26.8 Å². The predicted octanol–water partition coefficient (Wildman–Crippen LogP) is 4.42. The van der Waals surface area contributed by atoms with Crippen LogP contribution in [-0.4, -0.2) is 31.1 Å². The second kappa shape index (κ2) is 8.68. The molecule has 1 saturated heterocycles. The molecule has 122 valence electrons. The third-order valence-corrected chi connectivity index (χ3v) is 4.31. The summed E-state index contributed by atoms with van der Waals surface area (Å²) in [4.78, 5) is 2.45. The second-order valence-corrected chi connectivity index (χ2v) is 7.07. The molecule has 0 aromatic heterocycles. The van der Waals surface area contributed by atoms with Crippen molar-refractivity contribution in [3.8, 4) is 0 Å². The number of nitrogens with zero attached hydrogens (tertiary/aromatic N) is 1. The topological polar surface area (TPSA) is 15.3 Å². The predicted molar refractivity (Wildman–Crippen MR) is 95.2 cm³/mol. The van der Waals surface area contributed by atoms with Gasteiger partial charge in [0.05, 0.1) is 0 Å². The zero-order valence-corrected chi connectivity index (χ0v) is 15.9. The van der Waals surface area contributed by atoms with Gasteiger partial charge in [0, 0.05) is 36.7 Å². The maximum absolute atomic E-state index is 13.6. The summed E-state index contributed by atoms with van der Waals surface area (Å²) in [7, 11) is 0. The van der Waals surface area contributed by atoms with Crippen molar-refractivity contribution in [1.82, 2.24) is 10.2 Å². The van der Waals surface area contributed by atoms with Crippen LogP contribution in [0.25, 0.3) is 0 Å². The largest absolute Gasteiger partial charge is 0.314 e. The number of hydrogen-bond acceptors (Lipinski definition) is 2. The van der Waals surface area contributed by atoms with Crippen molar-refractivity contribution in [3.63, 3.8) is 0 Å². The van der Waals surface area contributed by atoms with E-state index >= 15 is 0 Å². The molecule has 1 heterocycles. The third kappa shape index (κ3) is 5.36. The van der Waals surface area contributed by atoms with E-state index in [0.29, 0.717) is 0 Å². The Labute approximate surface area is 147 Å². The minimum absolute atomic E-state index is 0. The second-order valence-electron chi connectivity index (χ2n) is 6.22. The molecule has 1 aromatic rings. The van der Waals surface area contributed by atoms with Gasteiger partial charge in [0.2, 0.25) is 0 Å². The number of nitrogens with one attached hydrogen (secondary N) is 1. The highest BCUT2D eigenvalue weighted by Gasteiger charge is 2.33. The van der Waals surface area contributed by atoms with Crippen molar-refractivity contribution >= 4 is 40.7 Å². The number of benzene rings is 1. The smallest absolute Gasteiger partial charge is 0.123 e. The van der Waals surface area contributed by atoms with Crippen LogP contribution in [0.2, 0.25) is 0 Å². The fourth-order valence-electron chi connectivity index (χ4n) is 2.88. The Morgan fingerprint density at radius 2 is 1.76 bits per heavy atom. The Morgan fingerprint density at radius 3 is 2.29 bits per heavy atom. The van der Waals surface area contributed by atoms with Gasteiger partial charge in [-0.25, -0.2) is 4.39 Å². The summed E-state index contributed by atoms with van der Waals surface area (Å²) in [6.07, 6.45) is 0. The molecule has 0 spiro atoms. The summed E-state index contributed by atoms with van der Waals surface area (Å²) in [6.45, 7) is 10.7. The van der Waals surface area contributed by atoms with Crippen LogP contribution in [0.15, 0.2) is 22.7 Å². The maximum atomic E-state index is 13.6. The zero-order chi connectivity index (χ0) is 14.0. The molecule has 1 aliphatic rings. The average molecular weight is 402 g/mol. The van der Waals surface area contributed by atoms with Crippen LogP contribution < -0.4 is 5.32 Å². The van der Waals surface area contributed by atoms with Crippen LogP contribution in [0.1, 0.15) is 32.4 Å². The van der Waals surface area contributed by atoms with Crippen LogP contribution in [0.5, 0.6) is 0 Å². The highest BCUT2D eigenvalue weighted by atomic mass is 79.9. The third-order valence-electron chi connectivity index (χ3n) is 3.59. The van der Waals surface area contributed by atoms with Gasteiger partial charge in [-0.1, -0.05) is 36.7 Å². The van der Waals surface area contributed by atoms with Crippen molar-refractivity contribution in [2.75, 3.05) is 26.2 Å². The van der Waals surface area contributed by atoms with Crippen molar-refractivity contribution < 1.29 is 4.39 Å². The molecule has 1 aliphatic heterocycles. The first-order valence-corrected chi connectivity index (χ1v) is 7.58. The van der Waals surface area contributed by atoms with Crippen LogP contribution in [0.3, 0.4) is 0 Å². The van der Waals surface area contributed by atoms with Crippen molar-refractivity contribution in [2.24, 2.45) is 5.41 Å². The van der Waals surface area contributed by atoms with Gasteiger partial charge < -0.3 is 5.32 Å². The quantitative estimate of drug-likeness (QED) is 0.788. The van der Waals surface area contributed by atoms with Gasteiger partial charge in [-0.2, -0.15) is 0 Å². The number of hydrogen-bond donors (Lipinski definition) is 1. The molecule has 0 aliphatic carbocycles. The van der Waals surface area contributed by atoms with Crippen LogP contribution in [-0.2, 0) is 0 Å². The lowest BCUT2D eigenvalue weighted by Gasteiger charge is -2.43. The molecule has 0 amide bonds. The molecule has 0 unspecified atom stereocenters. The van der Waals surface area contributed by atoms with Crippen molar-refractivity contribution in [1.29, 1.82) is 0 Å². The molecule has 0 bridgehead atoms. The SMILES string of the molecule is CC(C)(C)[C@H](c1cc(F)ccc1Br)N1CCNCC1.Cl.Cl. The van der Waals surface area contributed by atoms with Gasteiger partial charge in [0.15, 0.2) is 0 Å². The Balaban J connectivity index is 0.00000200. The highest BCUT2D eigenvalue weighted by Crippen LogP contribution is 2.41. The zero-order valence-electron chi connectivity index (χ0n) is 12.7. The summed E-state index contributed by atoms with van der Waals surface area (Å²) in [5.41, 5.74) is 1.11. The molecular formula is C15H24BrCl2FN2. The van der Waals surface area contributed by atoms with Crippen LogP contribution in [0.4, 0.5) is 4.39 Å². The molecule has 2 nitrogen and oxygen atoms in total. The Bertz CT molecular complexity index is 446. The minimum Gasteiger partial charge on any atom is -0.314 e. The summed E-state index contributed by atoms with van der Waals surface area (Å²) in [5.74, 6) is -0.164. The fourth-order valence-corrected chi connectivity index (χ4v) is 3.34.